The van der Waals surface area contributed by atoms with Gasteiger partial charge in [0.2, 0.25) is 0 Å². The van der Waals surface area contributed by atoms with Gasteiger partial charge < -0.3 is 9.47 Å². The molecule has 0 saturated heterocycles. The first-order chi connectivity index (χ1) is 19.3. The first-order valence-electron chi connectivity index (χ1n) is 13.7. The summed E-state index contributed by atoms with van der Waals surface area (Å²) < 4.78 is 2.42. The van der Waals surface area contributed by atoms with Crippen molar-refractivity contribution in [2.45, 2.75) is 13.3 Å². The number of allylic oxidation sites excluding steroid dienone is 4. The topological polar surface area (TPSA) is 8.17 Å². The predicted molar refractivity (Wildman–Crippen MR) is 166 cm³/mol. The van der Waals surface area contributed by atoms with Crippen LogP contribution in [0.4, 0.5) is 11.4 Å². The molecule has 7 rings (SSSR count). The molecule has 0 radical (unpaired) electrons. The van der Waals surface area contributed by atoms with E-state index < -0.39 is 0 Å². The van der Waals surface area contributed by atoms with Gasteiger partial charge in [-0.2, -0.15) is 0 Å². The predicted octanol–water partition coefficient (Wildman–Crippen LogP) is 10.1. The molecule has 1 heterocycles. The van der Waals surface area contributed by atoms with E-state index in [0.29, 0.717) is 5.92 Å². The minimum atomic E-state index is 0.430. The molecular weight excluding hydrogens is 472 g/mol. The number of anilines is 2. The molecule has 0 fully saturated rings. The van der Waals surface area contributed by atoms with Gasteiger partial charge >= 0.3 is 0 Å². The SMILES string of the molecule is CC1CC=CC=C1N(c1ccccc1)c1ccc2c3ccc(-c4ccccc4)cc3n(-c3ccccc3)c2c1. The second kappa shape index (κ2) is 9.81. The molecule has 5 aromatic carbocycles. The van der Waals surface area contributed by atoms with Crippen LogP contribution in [0.3, 0.4) is 0 Å². The van der Waals surface area contributed by atoms with Crippen LogP contribution in [0.15, 0.2) is 151 Å². The third-order valence-electron chi connectivity index (χ3n) is 7.80. The third-order valence-corrected chi connectivity index (χ3v) is 7.80. The van der Waals surface area contributed by atoms with E-state index >= 15 is 0 Å². The van der Waals surface area contributed by atoms with Crippen LogP contribution in [-0.4, -0.2) is 4.57 Å². The second-order valence-corrected chi connectivity index (χ2v) is 10.3. The molecule has 1 atom stereocenters. The number of para-hydroxylation sites is 2. The summed E-state index contributed by atoms with van der Waals surface area (Å²) >= 11 is 0. The lowest BCUT2D eigenvalue weighted by atomic mass is 9.96. The van der Waals surface area contributed by atoms with Crippen LogP contribution >= 0.6 is 0 Å². The summed E-state index contributed by atoms with van der Waals surface area (Å²) in [4.78, 5) is 2.43. The minimum absolute atomic E-state index is 0.430. The molecule has 1 aliphatic carbocycles. The van der Waals surface area contributed by atoms with E-state index in [9.17, 15) is 0 Å². The Labute approximate surface area is 229 Å². The average Bonchev–Trinajstić information content (AvgIpc) is 3.33. The second-order valence-electron chi connectivity index (χ2n) is 10.3. The van der Waals surface area contributed by atoms with Gasteiger partial charge in [-0.05, 0) is 66.1 Å². The van der Waals surface area contributed by atoms with Crippen LogP contribution in [0, 0.1) is 5.92 Å². The number of nitrogens with zero attached hydrogens (tertiary/aromatic N) is 2. The molecule has 0 N–H and O–H groups in total. The summed E-state index contributed by atoms with van der Waals surface area (Å²) in [6.07, 6.45) is 7.77. The van der Waals surface area contributed by atoms with Crippen molar-refractivity contribution in [1.82, 2.24) is 4.57 Å². The van der Waals surface area contributed by atoms with E-state index in [1.165, 1.54) is 55.7 Å². The normalized spacial score (nSPS) is 15.0. The Balaban J connectivity index is 1.50. The van der Waals surface area contributed by atoms with Crippen molar-refractivity contribution in [3.05, 3.63) is 151 Å². The number of fused-ring (bicyclic) bond motifs is 3. The first kappa shape index (κ1) is 23.3. The van der Waals surface area contributed by atoms with Gasteiger partial charge in [0.05, 0.1) is 11.0 Å². The minimum Gasteiger partial charge on any atom is -0.314 e. The molecule has 1 aliphatic rings. The number of hydrogen-bond donors (Lipinski definition) is 0. The van der Waals surface area contributed by atoms with Gasteiger partial charge in [-0.15, -0.1) is 0 Å². The Kier molecular flexibility index (Phi) is 5.86. The fraction of sp³-hybridized carbons (Fsp3) is 0.0811. The van der Waals surface area contributed by atoms with E-state index in [1.807, 2.05) is 0 Å². The van der Waals surface area contributed by atoms with E-state index in [1.54, 1.807) is 0 Å². The maximum atomic E-state index is 2.43. The summed E-state index contributed by atoms with van der Waals surface area (Å²) in [5.41, 5.74) is 9.71. The van der Waals surface area contributed by atoms with Gasteiger partial charge in [-0.3, -0.25) is 0 Å². The molecule has 0 amide bonds. The fourth-order valence-electron chi connectivity index (χ4n) is 5.86. The summed E-state index contributed by atoms with van der Waals surface area (Å²) in [7, 11) is 0. The van der Waals surface area contributed by atoms with Crippen molar-refractivity contribution in [3.63, 3.8) is 0 Å². The summed E-state index contributed by atoms with van der Waals surface area (Å²) in [5, 5.41) is 2.52. The van der Waals surface area contributed by atoms with Gasteiger partial charge in [0.15, 0.2) is 0 Å². The Morgan fingerprint density at radius 1 is 0.615 bits per heavy atom. The molecule has 6 aromatic rings. The van der Waals surface area contributed by atoms with E-state index in [2.05, 4.69) is 162 Å². The van der Waals surface area contributed by atoms with Gasteiger partial charge in [0, 0.05) is 39.4 Å². The number of benzene rings is 5. The Bertz CT molecular complexity index is 1830. The van der Waals surface area contributed by atoms with Crippen molar-refractivity contribution in [2.75, 3.05) is 4.90 Å². The molecule has 188 valence electrons. The van der Waals surface area contributed by atoms with Gasteiger partial charge in [-0.25, -0.2) is 0 Å². The van der Waals surface area contributed by atoms with Crippen LogP contribution in [0.2, 0.25) is 0 Å². The zero-order chi connectivity index (χ0) is 26.2. The van der Waals surface area contributed by atoms with E-state index in [4.69, 9.17) is 0 Å². The van der Waals surface area contributed by atoms with Crippen molar-refractivity contribution in [2.24, 2.45) is 5.92 Å². The molecule has 2 heteroatoms. The molecule has 39 heavy (non-hydrogen) atoms. The van der Waals surface area contributed by atoms with Crippen LogP contribution < -0.4 is 4.90 Å². The van der Waals surface area contributed by atoms with Crippen LogP contribution in [0.1, 0.15) is 13.3 Å². The highest BCUT2D eigenvalue weighted by Gasteiger charge is 2.22. The molecule has 2 nitrogen and oxygen atoms in total. The fourth-order valence-corrected chi connectivity index (χ4v) is 5.86. The third kappa shape index (κ3) is 4.15. The first-order valence-corrected chi connectivity index (χ1v) is 13.7. The van der Waals surface area contributed by atoms with Crippen LogP contribution in [-0.2, 0) is 0 Å². The standard InChI is InChI=1S/C37H30N2/c1-27-13-11-12-20-35(27)38(30-16-7-3-8-17-30)32-22-24-34-33-23-21-29(28-14-5-2-6-15-28)25-36(33)39(37(34)26-32)31-18-9-4-10-19-31/h2-12,14-27H,13H2,1H3. The molecule has 0 saturated carbocycles. The number of hydrogen-bond acceptors (Lipinski definition) is 1. The molecule has 0 bridgehead atoms. The van der Waals surface area contributed by atoms with Crippen molar-refractivity contribution < 1.29 is 0 Å². The molecule has 0 aliphatic heterocycles. The van der Waals surface area contributed by atoms with E-state index in [-0.39, 0.29) is 0 Å². The molecule has 1 unspecified atom stereocenters. The number of rotatable bonds is 5. The highest BCUT2D eigenvalue weighted by atomic mass is 15.2. The van der Waals surface area contributed by atoms with Crippen LogP contribution in [0.5, 0.6) is 0 Å². The molecular formula is C37H30N2. The lowest BCUT2D eigenvalue weighted by Gasteiger charge is -2.32. The Hall–Kier alpha value is -4.82. The zero-order valence-corrected chi connectivity index (χ0v) is 22.0. The maximum Gasteiger partial charge on any atom is 0.0561 e. The zero-order valence-electron chi connectivity index (χ0n) is 22.0. The van der Waals surface area contributed by atoms with Crippen molar-refractivity contribution >= 4 is 33.2 Å². The lowest BCUT2D eigenvalue weighted by molar-refractivity contribution is 0.670. The molecule has 1 aromatic heterocycles. The maximum absolute atomic E-state index is 2.43. The quantitative estimate of drug-likeness (QED) is 0.228. The summed E-state index contributed by atoms with van der Waals surface area (Å²) in [6, 6.07) is 45.9. The van der Waals surface area contributed by atoms with Gasteiger partial charge in [0.1, 0.15) is 0 Å². The number of aromatic nitrogens is 1. The largest absolute Gasteiger partial charge is 0.314 e. The smallest absolute Gasteiger partial charge is 0.0561 e. The van der Waals surface area contributed by atoms with Crippen molar-refractivity contribution in [1.29, 1.82) is 0 Å². The summed E-state index contributed by atoms with van der Waals surface area (Å²) in [6.45, 7) is 2.32. The van der Waals surface area contributed by atoms with E-state index in [0.717, 1.165) is 6.42 Å². The van der Waals surface area contributed by atoms with Gasteiger partial charge in [0.25, 0.3) is 0 Å². The van der Waals surface area contributed by atoms with Crippen molar-refractivity contribution in [3.8, 4) is 16.8 Å². The van der Waals surface area contributed by atoms with Crippen LogP contribution in [0.25, 0.3) is 38.6 Å². The Morgan fingerprint density at radius 2 is 1.26 bits per heavy atom. The Morgan fingerprint density at radius 3 is 1.97 bits per heavy atom. The summed E-state index contributed by atoms with van der Waals surface area (Å²) in [5.74, 6) is 0.430. The average molecular weight is 503 g/mol. The monoisotopic (exact) mass is 502 g/mol. The highest BCUT2D eigenvalue weighted by molar-refractivity contribution is 6.11. The molecule has 0 spiro atoms. The lowest BCUT2D eigenvalue weighted by Crippen LogP contribution is -2.22. The highest BCUT2D eigenvalue weighted by Crippen LogP contribution is 2.40. The van der Waals surface area contributed by atoms with Gasteiger partial charge in [-0.1, -0.05) is 104 Å².